The highest BCUT2D eigenvalue weighted by molar-refractivity contribution is 5.79. The van der Waals surface area contributed by atoms with Gasteiger partial charge in [0.15, 0.2) is 0 Å². The zero-order valence-electron chi connectivity index (χ0n) is 10.3. The SMILES string of the molecule is CC12COCC3(CC3)C1=C(c1ccccc1)C2. The maximum atomic E-state index is 5.83. The van der Waals surface area contributed by atoms with Crippen LogP contribution in [0.2, 0.25) is 0 Å². The summed E-state index contributed by atoms with van der Waals surface area (Å²) in [5, 5.41) is 0. The van der Waals surface area contributed by atoms with Crippen molar-refractivity contribution in [2.45, 2.75) is 26.2 Å². The predicted molar refractivity (Wildman–Crippen MR) is 68.6 cm³/mol. The highest BCUT2D eigenvalue weighted by Crippen LogP contribution is 2.68. The molecule has 88 valence electrons. The average molecular weight is 226 g/mol. The summed E-state index contributed by atoms with van der Waals surface area (Å²) in [5.74, 6) is 0. The molecule has 1 saturated carbocycles. The zero-order chi connectivity index (χ0) is 11.5. The third-order valence-electron chi connectivity index (χ3n) is 4.78. The van der Waals surface area contributed by atoms with Crippen molar-refractivity contribution in [2.75, 3.05) is 13.2 Å². The van der Waals surface area contributed by atoms with Gasteiger partial charge in [-0.1, -0.05) is 37.3 Å². The van der Waals surface area contributed by atoms with Crippen LogP contribution in [-0.2, 0) is 4.74 Å². The fourth-order valence-corrected chi connectivity index (χ4v) is 3.88. The lowest BCUT2D eigenvalue weighted by Crippen LogP contribution is -2.45. The van der Waals surface area contributed by atoms with Crippen LogP contribution < -0.4 is 0 Å². The minimum Gasteiger partial charge on any atom is -0.380 e. The van der Waals surface area contributed by atoms with E-state index in [9.17, 15) is 0 Å². The van der Waals surface area contributed by atoms with E-state index in [2.05, 4.69) is 37.3 Å². The minimum atomic E-state index is 0.347. The lowest BCUT2D eigenvalue weighted by Gasteiger charge is -2.51. The van der Waals surface area contributed by atoms with Crippen LogP contribution in [0.4, 0.5) is 0 Å². The van der Waals surface area contributed by atoms with Crippen LogP contribution in [0.1, 0.15) is 31.7 Å². The Morgan fingerprint density at radius 3 is 2.53 bits per heavy atom. The Bertz CT molecular complexity index is 496. The topological polar surface area (TPSA) is 9.23 Å². The van der Waals surface area contributed by atoms with Crippen LogP contribution in [0.25, 0.3) is 5.57 Å². The van der Waals surface area contributed by atoms with E-state index in [0.717, 1.165) is 13.2 Å². The molecule has 2 fully saturated rings. The molecule has 2 aliphatic carbocycles. The van der Waals surface area contributed by atoms with Gasteiger partial charge in [0.05, 0.1) is 13.2 Å². The first-order valence-corrected chi connectivity index (χ1v) is 6.61. The molecule has 0 aromatic heterocycles. The Morgan fingerprint density at radius 1 is 1.06 bits per heavy atom. The lowest BCUT2D eigenvalue weighted by molar-refractivity contribution is -0.00596. The maximum Gasteiger partial charge on any atom is 0.0561 e. The van der Waals surface area contributed by atoms with Gasteiger partial charge >= 0.3 is 0 Å². The summed E-state index contributed by atoms with van der Waals surface area (Å²) < 4.78 is 5.83. The van der Waals surface area contributed by atoms with Crippen molar-refractivity contribution in [3.8, 4) is 0 Å². The molecule has 0 amide bonds. The van der Waals surface area contributed by atoms with Crippen molar-refractivity contribution < 1.29 is 4.74 Å². The van der Waals surface area contributed by atoms with Crippen molar-refractivity contribution in [1.29, 1.82) is 0 Å². The number of ether oxygens (including phenoxy) is 1. The van der Waals surface area contributed by atoms with E-state index < -0.39 is 0 Å². The molecule has 1 aromatic carbocycles. The second-order valence-electron chi connectivity index (χ2n) is 6.23. The minimum absolute atomic E-state index is 0.347. The molecule has 1 atom stereocenters. The van der Waals surface area contributed by atoms with Crippen LogP contribution in [0, 0.1) is 10.8 Å². The highest BCUT2D eigenvalue weighted by Gasteiger charge is 2.60. The highest BCUT2D eigenvalue weighted by atomic mass is 16.5. The van der Waals surface area contributed by atoms with Crippen LogP contribution in [-0.4, -0.2) is 13.2 Å². The second kappa shape index (κ2) is 3.02. The smallest absolute Gasteiger partial charge is 0.0561 e. The number of rotatable bonds is 1. The summed E-state index contributed by atoms with van der Waals surface area (Å²) in [4.78, 5) is 0. The second-order valence-corrected chi connectivity index (χ2v) is 6.23. The fourth-order valence-electron chi connectivity index (χ4n) is 3.88. The molecule has 1 unspecified atom stereocenters. The number of hydrogen-bond acceptors (Lipinski definition) is 1. The van der Waals surface area contributed by atoms with Crippen LogP contribution >= 0.6 is 0 Å². The molecule has 0 N–H and O–H groups in total. The van der Waals surface area contributed by atoms with Crippen molar-refractivity contribution in [3.05, 3.63) is 41.5 Å². The van der Waals surface area contributed by atoms with Crippen LogP contribution in [0.5, 0.6) is 0 Å². The van der Waals surface area contributed by atoms with E-state index in [4.69, 9.17) is 4.74 Å². The summed E-state index contributed by atoms with van der Waals surface area (Å²) >= 11 is 0. The quantitative estimate of drug-likeness (QED) is 0.710. The molecule has 1 saturated heterocycles. The van der Waals surface area contributed by atoms with E-state index in [1.807, 2.05) is 0 Å². The molecule has 17 heavy (non-hydrogen) atoms. The molecule has 1 aromatic rings. The molecule has 3 aliphatic rings. The van der Waals surface area contributed by atoms with Crippen molar-refractivity contribution in [3.63, 3.8) is 0 Å². The van der Waals surface area contributed by atoms with E-state index in [1.165, 1.54) is 24.8 Å². The summed E-state index contributed by atoms with van der Waals surface area (Å²) in [7, 11) is 0. The molecule has 0 radical (unpaired) electrons. The molecule has 0 bridgehead atoms. The van der Waals surface area contributed by atoms with Gasteiger partial charge in [0.25, 0.3) is 0 Å². The maximum absolute atomic E-state index is 5.83. The van der Waals surface area contributed by atoms with Gasteiger partial charge in [0, 0.05) is 10.8 Å². The molecule has 1 spiro atoms. The Morgan fingerprint density at radius 2 is 1.82 bits per heavy atom. The first-order valence-electron chi connectivity index (χ1n) is 6.61. The summed E-state index contributed by atoms with van der Waals surface area (Å²) in [5.41, 5.74) is 5.58. The number of hydrogen-bond donors (Lipinski definition) is 0. The van der Waals surface area contributed by atoms with E-state index >= 15 is 0 Å². The van der Waals surface area contributed by atoms with Gasteiger partial charge in [-0.15, -0.1) is 0 Å². The molecule has 1 heterocycles. The predicted octanol–water partition coefficient (Wildman–Crippen LogP) is 3.66. The summed E-state index contributed by atoms with van der Waals surface area (Å²) in [6.07, 6.45) is 3.89. The normalized spacial score (nSPS) is 33.2. The standard InChI is InChI=1S/C16H18O/c1-15-9-13(12-5-3-2-4-6-12)14(15)16(7-8-16)11-17-10-15/h2-6H,7-11H2,1H3. The third-order valence-corrected chi connectivity index (χ3v) is 4.78. The Kier molecular flexibility index (Phi) is 1.76. The van der Waals surface area contributed by atoms with Gasteiger partial charge in [-0.05, 0) is 36.0 Å². The number of benzene rings is 1. The van der Waals surface area contributed by atoms with Gasteiger partial charge in [-0.2, -0.15) is 0 Å². The summed E-state index contributed by atoms with van der Waals surface area (Å²) in [6.45, 7) is 4.28. The number of allylic oxidation sites excluding steroid dienone is 1. The Labute approximate surface area is 102 Å². The lowest BCUT2D eigenvalue weighted by atomic mass is 9.57. The third kappa shape index (κ3) is 1.23. The van der Waals surface area contributed by atoms with Gasteiger partial charge in [-0.25, -0.2) is 0 Å². The van der Waals surface area contributed by atoms with Crippen molar-refractivity contribution >= 4 is 5.57 Å². The molecule has 1 nitrogen and oxygen atoms in total. The average Bonchev–Trinajstić information content (AvgIpc) is 3.06. The molecular weight excluding hydrogens is 208 g/mol. The van der Waals surface area contributed by atoms with Gasteiger partial charge in [0.1, 0.15) is 0 Å². The number of fused-ring (bicyclic) bond motifs is 2. The Balaban J connectivity index is 1.84. The molecular formula is C16H18O. The monoisotopic (exact) mass is 226 g/mol. The largest absolute Gasteiger partial charge is 0.380 e. The summed E-state index contributed by atoms with van der Waals surface area (Å²) in [6, 6.07) is 10.9. The van der Waals surface area contributed by atoms with Crippen LogP contribution in [0.15, 0.2) is 35.9 Å². The van der Waals surface area contributed by atoms with Gasteiger partial charge in [0.2, 0.25) is 0 Å². The Hall–Kier alpha value is -1.08. The van der Waals surface area contributed by atoms with Gasteiger partial charge < -0.3 is 4.74 Å². The van der Waals surface area contributed by atoms with Crippen molar-refractivity contribution in [1.82, 2.24) is 0 Å². The van der Waals surface area contributed by atoms with Crippen LogP contribution in [0.3, 0.4) is 0 Å². The zero-order valence-corrected chi connectivity index (χ0v) is 10.3. The van der Waals surface area contributed by atoms with E-state index in [1.54, 1.807) is 11.1 Å². The van der Waals surface area contributed by atoms with E-state index in [0.29, 0.717) is 10.8 Å². The molecule has 1 aliphatic heterocycles. The first-order chi connectivity index (χ1) is 8.24. The fraction of sp³-hybridized carbons (Fsp3) is 0.500. The van der Waals surface area contributed by atoms with Gasteiger partial charge in [-0.3, -0.25) is 0 Å². The first kappa shape index (κ1) is 9.90. The molecule has 4 rings (SSSR count). The van der Waals surface area contributed by atoms with Crippen molar-refractivity contribution in [2.24, 2.45) is 10.8 Å². The van der Waals surface area contributed by atoms with E-state index in [-0.39, 0.29) is 0 Å². The molecule has 1 heteroatoms.